The Hall–Kier alpha value is -2.61. The highest BCUT2D eigenvalue weighted by atomic mass is 32.1. The van der Waals surface area contributed by atoms with Crippen molar-refractivity contribution in [1.29, 1.82) is 0 Å². The summed E-state index contributed by atoms with van der Waals surface area (Å²) < 4.78 is 12.8. The number of hydrogen-bond acceptors (Lipinski definition) is 5. The van der Waals surface area contributed by atoms with Crippen LogP contribution in [0.4, 0.5) is 0 Å². The highest BCUT2D eigenvalue weighted by Gasteiger charge is 2.19. The first kappa shape index (κ1) is 14.3. The van der Waals surface area contributed by atoms with Gasteiger partial charge < -0.3 is 19.8 Å². The van der Waals surface area contributed by atoms with E-state index < -0.39 is 5.91 Å². The molecule has 7 nitrogen and oxygen atoms in total. The number of carbonyl (C=O) groups excluding carboxylic acids is 1. The van der Waals surface area contributed by atoms with Crippen LogP contribution in [0.25, 0.3) is 11.3 Å². The van der Waals surface area contributed by atoms with E-state index in [4.69, 9.17) is 27.4 Å². The van der Waals surface area contributed by atoms with E-state index in [-0.39, 0.29) is 16.9 Å². The van der Waals surface area contributed by atoms with Crippen LogP contribution in [0.2, 0.25) is 0 Å². The molecule has 1 aliphatic rings. The maximum absolute atomic E-state index is 11.8. The number of carbonyl (C=O) groups is 1. The zero-order valence-corrected chi connectivity index (χ0v) is 12.3. The predicted octanol–water partition coefficient (Wildman–Crippen LogP) is 0.829. The van der Waals surface area contributed by atoms with Crippen LogP contribution >= 0.6 is 12.2 Å². The lowest BCUT2D eigenvalue weighted by Crippen LogP contribution is -2.24. The minimum absolute atomic E-state index is 0.121. The Morgan fingerprint density at radius 1 is 1.36 bits per heavy atom. The van der Waals surface area contributed by atoms with Gasteiger partial charge in [-0.1, -0.05) is 6.07 Å². The molecule has 0 atom stereocenters. The van der Waals surface area contributed by atoms with Crippen LogP contribution in [0.1, 0.15) is 0 Å². The van der Waals surface area contributed by atoms with Gasteiger partial charge in [0, 0.05) is 11.6 Å². The molecule has 2 heterocycles. The van der Waals surface area contributed by atoms with Crippen LogP contribution in [-0.2, 0) is 11.3 Å². The molecule has 1 aromatic carbocycles. The second kappa shape index (κ2) is 5.64. The number of ether oxygens (including phenoxy) is 2. The summed E-state index contributed by atoms with van der Waals surface area (Å²) in [4.78, 5) is 25.5. The molecule has 22 heavy (non-hydrogen) atoms. The van der Waals surface area contributed by atoms with E-state index in [0.29, 0.717) is 36.0 Å². The van der Waals surface area contributed by atoms with E-state index in [2.05, 4.69) is 4.98 Å². The van der Waals surface area contributed by atoms with Crippen LogP contribution in [0.5, 0.6) is 11.5 Å². The Kier molecular flexibility index (Phi) is 3.68. The average molecular weight is 319 g/mol. The monoisotopic (exact) mass is 319 g/mol. The van der Waals surface area contributed by atoms with Crippen molar-refractivity contribution >= 4 is 18.1 Å². The number of fused-ring (bicyclic) bond motifs is 1. The summed E-state index contributed by atoms with van der Waals surface area (Å²) in [5, 5.41) is 0. The number of nitrogens with two attached hydrogens (primary N) is 1. The third-order valence-corrected chi connectivity index (χ3v) is 3.51. The lowest BCUT2D eigenvalue weighted by atomic mass is 10.1. The van der Waals surface area contributed by atoms with Crippen molar-refractivity contribution in [2.45, 2.75) is 6.54 Å². The molecule has 1 aromatic heterocycles. The molecule has 0 fully saturated rings. The molecule has 0 aliphatic carbocycles. The quantitative estimate of drug-likeness (QED) is 0.816. The molecule has 0 saturated heterocycles. The van der Waals surface area contributed by atoms with Crippen molar-refractivity contribution in [3.8, 4) is 22.8 Å². The second-order valence-corrected chi connectivity index (χ2v) is 5.09. The van der Waals surface area contributed by atoms with Crippen LogP contribution < -0.4 is 20.8 Å². The summed E-state index contributed by atoms with van der Waals surface area (Å²) in [7, 11) is 0. The highest BCUT2D eigenvalue weighted by molar-refractivity contribution is 7.71. The zero-order chi connectivity index (χ0) is 15.7. The van der Waals surface area contributed by atoms with Crippen LogP contribution in [0.3, 0.4) is 0 Å². The normalized spacial score (nSPS) is 12.9. The molecule has 1 aliphatic heterocycles. The molecule has 0 unspecified atom stereocenters. The van der Waals surface area contributed by atoms with Gasteiger partial charge in [0.05, 0.1) is 5.69 Å². The van der Waals surface area contributed by atoms with Crippen molar-refractivity contribution in [2.75, 3.05) is 13.2 Å². The summed E-state index contributed by atoms with van der Waals surface area (Å²) in [6.45, 7) is 0.721. The predicted molar refractivity (Wildman–Crippen MR) is 81.5 cm³/mol. The molecule has 3 rings (SSSR count). The fraction of sp³-hybridized carbons (Fsp3) is 0.214. The number of H-pyrrole nitrogens is 1. The Bertz CT molecular complexity index is 856. The van der Waals surface area contributed by atoms with Gasteiger partial charge >= 0.3 is 0 Å². The fourth-order valence-corrected chi connectivity index (χ4v) is 2.60. The number of amides is 1. The molecular formula is C14H13N3O4S. The van der Waals surface area contributed by atoms with Gasteiger partial charge in [-0.3, -0.25) is 14.6 Å². The lowest BCUT2D eigenvalue weighted by molar-refractivity contribution is -0.118. The lowest BCUT2D eigenvalue weighted by Gasteiger charge is -2.22. The van der Waals surface area contributed by atoms with Crippen molar-refractivity contribution < 1.29 is 14.3 Å². The minimum atomic E-state index is -0.564. The number of nitrogens with zero attached hydrogens (tertiary/aromatic N) is 1. The molecule has 114 valence electrons. The zero-order valence-electron chi connectivity index (χ0n) is 11.5. The van der Waals surface area contributed by atoms with E-state index in [1.54, 1.807) is 18.2 Å². The number of hydrogen-bond donors (Lipinski definition) is 2. The number of nitrogens with one attached hydrogen (secondary N) is 1. The Balaban J connectivity index is 2.26. The van der Waals surface area contributed by atoms with Crippen molar-refractivity contribution in [2.24, 2.45) is 5.73 Å². The summed E-state index contributed by atoms with van der Waals surface area (Å²) in [6, 6.07) is 6.68. The van der Waals surface area contributed by atoms with Gasteiger partial charge in [0.15, 0.2) is 16.3 Å². The van der Waals surface area contributed by atoms with Crippen molar-refractivity contribution in [3.05, 3.63) is 39.4 Å². The third kappa shape index (κ3) is 2.60. The van der Waals surface area contributed by atoms with Gasteiger partial charge in [-0.05, 0) is 24.4 Å². The number of aromatic nitrogens is 2. The van der Waals surface area contributed by atoms with E-state index in [1.165, 1.54) is 10.6 Å². The van der Waals surface area contributed by atoms with E-state index in [0.717, 1.165) is 0 Å². The molecule has 0 saturated carbocycles. The van der Waals surface area contributed by atoms with Gasteiger partial charge in [-0.15, -0.1) is 0 Å². The smallest absolute Gasteiger partial charge is 0.252 e. The first-order chi connectivity index (χ1) is 10.6. The molecule has 0 radical (unpaired) electrons. The fourth-order valence-electron chi connectivity index (χ4n) is 2.33. The van der Waals surface area contributed by atoms with E-state index >= 15 is 0 Å². The van der Waals surface area contributed by atoms with Crippen molar-refractivity contribution in [3.63, 3.8) is 0 Å². The SMILES string of the molecule is NC(=O)Cn1c(-c2cccc3c2OCCO3)cc(=O)[nH]c1=S. The molecule has 3 N–H and O–H groups in total. The van der Waals surface area contributed by atoms with E-state index in [9.17, 15) is 9.59 Å². The first-order valence-corrected chi connectivity index (χ1v) is 6.98. The number of aromatic amines is 1. The number of rotatable bonds is 3. The highest BCUT2D eigenvalue weighted by Crippen LogP contribution is 2.39. The van der Waals surface area contributed by atoms with Gasteiger partial charge in [0.25, 0.3) is 5.56 Å². The summed E-state index contributed by atoms with van der Waals surface area (Å²) in [5.74, 6) is 0.541. The van der Waals surface area contributed by atoms with Gasteiger partial charge in [-0.25, -0.2) is 0 Å². The van der Waals surface area contributed by atoms with Crippen molar-refractivity contribution in [1.82, 2.24) is 9.55 Å². The van der Waals surface area contributed by atoms with Gasteiger partial charge in [0.1, 0.15) is 19.8 Å². The molecule has 0 spiro atoms. The van der Waals surface area contributed by atoms with Gasteiger partial charge in [0.2, 0.25) is 5.91 Å². The Morgan fingerprint density at radius 2 is 2.14 bits per heavy atom. The van der Waals surface area contributed by atoms with E-state index in [1.807, 2.05) is 0 Å². The molecular weight excluding hydrogens is 306 g/mol. The number of primary amides is 1. The summed E-state index contributed by atoms with van der Waals surface area (Å²) >= 11 is 5.13. The van der Waals surface area contributed by atoms with Crippen LogP contribution in [-0.4, -0.2) is 28.7 Å². The van der Waals surface area contributed by atoms with Gasteiger partial charge in [-0.2, -0.15) is 0 Å². The Morgan fingerprint density at radius 3 is 2.91 bits per heavy atom. The maximum atomic E-state index is 11.8. The molecule has 2 aromatic rings. The molecule has 0 bridgehead atoms. The molecule has 8 heteroatoms. The molecule has 1 amide bonds. The largest absolute Gasteiger partial charge is 0.486 e. The Labute approximate surface area is 130 Å². The topological polar surface area (TPSA) is 99.3 Å². The third-order valence-electron chi connectivity index (χ3n) is 3.19. The maximum Gasteiger partial charge on any atom is 0.252 e. The summed E-state index contributed by atoms with van der Waals surface area (Å²) in [6.07, 6.45) is 0. The van der Waals surface area contributed by atoms with Crippen LogP contribution in [0.15, 0.2) is 29.1 Å². The standard InChI is InChI=1S/C14H13N3O4S/c15-11(18)7-17-9(6-12(19)16-14(17)22)8-2-1-3-10-13(8)21-5-4-20-10/h1-3,6H,4-5,7H2,(H2,15,18)(H,16,19,22). The average Bonchev–Trinajstić information content (AvgIpc) is 2.49. The second-order valence-electron chi connectivity index (χ2n) is 4.71. The first-order valence-electron chi connectivity index (χ1n) is 6.58. The summed E-state index contributed by atoms with van der Waals surface area (Å²) in [5.41, 5.74) is 5.97. The number of para-hydroxylation sites is 1. The number of benzene rings is 1. The minimum Gasteiger partial charge on any atom is -0.486 e. The van der Waals surface area contributed by atoms with Crippen LogP contribution in [0, 0.1) is 4.77 Å².